The van der Waals surface area contributed by atoms with Crippen LogP contribution in [0.5, 0.6) is 5.75 Å². The topological polar surface area (TPSA) is 9.23 Å². The van der Waals surface area contributed by atoms with Crippen molar-refractivity contribution in [3.8, 4) is 5.75 Å². The highest BCUT2D eigenvalue weighted by molar-refractivity contribution is 5.62. The van der Waals surface area contributed by atoms with Gasteiger partial charge in [-0.25, -0.2) is 0 Å². The Hall–Kier alpha value is -1.24. The van der Waals surface area contributed by atoms with Gasteiger partial charge in [0, 0.05) is 5.56 Å². The number of ether oxygens (including phenoxy) is 1. The Bertz CT molecular complexity index is 300. The molecule has 0 bridgehead atoms. The minimum absolute atomic E-state index is 0.935. The van der Waals surface area contributed by atoms with E-state index in [9.17, 15) is 0 Å². The molecule has 1 nitrogen and oxygen atoms in total. The van der Waals surface area contributed by atoms with Crippen LogP contribution >= 0.6 is 0 Å². The fourth-order valence-electron chi connectivity index (χ4n) is 1.33. The number of aryl methyl sites for hydroxylation is 2. The third kappa shape index (κ3) is 1.35. The fourth-order valence-corrected chi connectivity index (χ4v) is 1.33. The highest BCUT2D eigenvalue weighted by Gasteiger charge is 2.04. The summed E-state index contributed by atoms with van der Waals surface area (Å²) in [6.45, 7) is 7.85. The minimum atomic E-state index is 0.935. The lowest BCUT2D eigenvalue weighted by molar-refractivity contribution is 0.410. The van der Waals surface area contributed by atoms with Crippen molar-refractivity contribution in [2.24, 2.45) is 0 Å². The van der Waals surface area contributed by atoms with E-state index in [0.717, 1.165) is 16.9 Å². The van der Waals surface area contributed by atoms with Crippen LogP contribution in [0.3, 0.4) is 0 Å². The van der Waals surface area contributed by atoms with Crippen LogP contribution in [0.15, 0.2) is 18.7 Å². The molecule has 0 heterocycles. The zero-order valence-corrected chi connectivity index (χ0v) is 7.85. The van der Waals surface area contributed by atoms with E-state index in [1.807, 2.05) is 13.0 Å². The summed E-state index contributed by atoms with van der Waals surface area (Å²) in [5.41, 5.74) is 3.45. The van der Waals surface area contributed by atoms with Gasteiger partial charge in [0.15, 0.2) is 0 Å². The van der Waals surface area contributed by atoms with Crippen molar-refractivity contribution in [1.82, 2.24) is 0 Å². The second-order valence-electron chi connectivity index (χ2n) is 2.85. The van der Waals surface area contributed by atoms with E-state index >= 15 is 0 Å². The molecule has 0 unspecified atom stereocenters. The molecule has 1 heteroatoms. The van der Waals surface area contributed by atoms with Crippen molar-refractivity contribution >= 4 is 6.08 Å². The first-order chi connectivity index (χ1) is 5.70. The van der Waals surface area contributed by atoms with E-state index < -0.39 is 0 Å². The van der Waals surface area contributed by atoms with Gasteiger partial charge in [-0.1, -0.05) is 24.8 Å². The van der Waals surface area contributed by atoms with Crippen molar-refractivity contribution in [3.05, 3.63) is 35.4 Å². The zero-order chi connectivity index (χ0) is 9.14. The van der Waals surface area contributed by atoms with Gasteiger partial charge >= 0.3 is 0 Å². The van der Waals surface area contributed by atoms with Gasteiger partial charge in [0.2, 0.25) is 0 Å². The summed E-state index contributed by atoms with van der Waals surface area (Å²) >= 11 is 0. The third-order valence-electron chi connectivity index (χ3n) is 2.02. The number of rotatable bonds is 2. The molecule has 0 saturated heterocycles. The standard InChI is InChI=1S/C11H14O/c1-5-10-8(2)6-7-9(3)11(10)12-4/h5-7H,1H2,2-4H3. The maximum absolute atomic E-state index is 5.28. The predicted molar refractivity (Wildman–Crippen MR) is 52.6 cm³/mol. The molecule has 1 aromatic rings. The van der Waals surface area contributed by atoms with E-state index in [1.165, 1.54) is 5.56 Å². The molecule has 0 aliphatic carbocycles. The van der Waals surface area contributed by atoms with Crippen molar-refractivity contribution in [1.29, 1.82) is 0 Å². The minimum Gasteiger partial charge on any atom is -0.496 e. The van der Waals surface area contributed by atoms with Crippen molar-refractivity contribution in [3.63, 3.8) is 0 Å². The second-order valence-corrected chi connectivity index (χ2v) is 2.85. The highest BCUT2D eigenvalue weighted by Crippen LogP contribution is 2.26. The van der Waals surface area contributed by atoms with Gasteiger partial charge in [-0.15, -0.1) is 0 Å². The van der Waals surface area contributed by atoms with Gasteiger partial charge in [-0.2, -0.15) is 0 Å². The van der Waals surface area contributed by atoms with Crippen LogP contribution in [-0.4, -0.2) is 7.11 Å². The van der Waals surface area contributed by atoms with Crippen LogP contribution in [0.2, 0.25) is 0 Å². The van der Waals surface area contributed by atoms with E-state index in [0.29, 0.717) is 0 Å². The molecule has 12 heavy (non-hydrogen) atoms. The molecule has 0 aromatic heterocycles. The molecule has 0 aliphatic rings. The van der Waals surface area contributed by atoms with Crippen LogP contribution < -0.4 is 4.74 Å². The monoisotopic (exact) mass is 162 g/mol. The van der Waals surface area contributed by atoms with Gasteiger partial charge in [-0.3, -0.25) is 0 Å². The van der Waals surface area contributed by atoms with Gasteiger partial charge in [0.1, 0.15) is 5.75 Å². The lowest BCUT2D eigenvalue weighted by Gasteiger charge is -2.10. The Kier molecular flexibility index (Phi) is 2.54. The van der Waals surface area contributed by atoms with E-state index in [4.69, 9.17) is 4.74 Å². The Balaban J connectivity index is 3.38. The first kappa shape index (κ1) is 8.85. The molecule has 0 fully saturated rings. The van der Waals surface area contributed by atoms with Crippen molar-refractivity contribution < 1.29 is 4.74 Å². The summed E-state index contributed by atoms with van der Waals surface area (Å²) in [6, 6.07) is 4.13. The molecular formula is C11H14O. The SMILES string of the molecule is C=Cc1c(C)ccc(C)c1OC. The first-order valence-electron chi connectivity index (χ1n) is 3.97. The molecule has 0 aliphatic heterocycles. The van der Waals surface area contributed by atoms with Crippen molar-refractivity contribution in [2.45, 2.75) is 13.8 Å². The fraction of sp³-hybridized carbons (Fsp3) is 0.273. The lowest BCUT2D eigenvalue weighted by Crippen LogP contribution is -1.92. The average molecular weight is 162 g/mol. The number of methoxy groups -OCH3 is 1. The quantitative estimate of drug-likeness (QED) is 0.649. The molecule has 1 rings (SSSR count). The first-order valence-corrected chi connectivity index (χ1v) is 3.97. The number of hydrogen-bond donors (Lipinski definition) is 0. The third-order valence-corrected chi connectivity index (χ3v) is 2.02. The number of hydrogen-bond acceptors (Lipinski definition) is 1. The summed E-state index contributed by atoms with van der Waals surface area (Å²) in [7, 11) is 1.69. The Morgan fingerprint density at radius 3 is 2.25 bits per heavy atom. The molecule has 0 spiro atoms. The number of benzene rings is 1. The van der Waals surface area contributed by atoms with E-state index in [-0.39, 0.29) is 0 Å². The van der Waals surface area contributed by atoms with Gasteiger partial charge < -0.3 is 4.74 Å². The summed E-state index contributed by atoms with van der Waals surface area (Å²) in [4.78, 5) is 0. The lowest BCUT2D eigenvalue weighted by atomic mass is 10.0. The summed E-state index contributed by atoms with van der Waals surface area (Å²) in [5, 5.41) is 0. The van der Waals surface area contributed by atoms with Gasteiger partial charge in [0.25, 0.3) is 0 Å². The molecule has 0 saturated carbocycles. The van der Waals surface area contributed by atoms with E-state index in [1.54, 1.807) is 7.11 Å². The second kappa shape index (κ2) is 3.44. The molecule has 0 radical (unpaired) electrons. The maximum atomic E-state index is 5.28. The summed E-state index contributed by atoms with van der Waals surface area (Å²) < 4.78 is 5.28. The Morgan fingerprint density at radius 2 is 1.83 bits per heavy atom. The normalized spacial score (nSPS) is 9.58. The molecule has 1 aromatic carbocycles. The van der Waals surface area contributed by atoms with Crippen LogP contribution in [-0.2, 0) is 0 Å². The maximum Gasteiger partial charge on any atom is 0.129 e. The molecular weight excluding hydrogens is 148 g/mol. The van der Waals surface area contributed by atoms with Crippen LogP contribution in [0.25, 0.3) is 6.08 Å². The van der Waals surface area contributed by atoms with E-state index in [2.05, 4.69) is 25.6 Å². The molecule has 64 valence electrons. The molecule has 0 atom stereocenters. The smallest absolute Gasteiger partial charge is 0.129 e. The zero-order valence-electron chi connectivity index (χ0n) is 7.85. The largest absolute Gasteiger partial charge is 0.496 e. The molecule has 0 N–H and O–H groups in total. The summed E-state index contributed by atoms with van der Waals surface area (Å²) in [6.07, 6.45) is 1.83. The predicted octanol–water partition coefficient (Wildman–Crippen LogP) is 2.96. The van der Waals surface area contributed by atoms with Gasteiger partial charge in [0.05, 0.1) is 7.11 Å². The summed E-state index contributed by atoms with van der Waals surface area (Å²) in [5.74, 6) is 0.935. The Labute approximate surface area is 73.7 Å². The van der Waals surface area contributed by atoms with Crippen LogP contribution in [0, 0.1) is 13.8 Å². The van der Waals surface area contributed by atoms with Gasteiger partial charge in [-0.05, 0) is 25.0 Å². The average Bonchev–Trinajstić information content (AvgIpc) is 2.08. The molecule has 0 amide bonds. The Morgan fingerprint density at radius 1 is 1.25 bits per heavy atom. The van der Waals surface area contributed by atoms with Crippen LogP contribution in [0.4, 0.5) is 0 Å². The highest BCUT2D eigenvalue weighted by atomic mass is 16.5. The van der Waals surface area contributed by atoms with Crippen LogP contribution in [0.1, 0.15) is 16.7 Å². The van der Waals surface area contributed by atoms with Crippen molar-refractivity contribution in [2.75, 3.05) is 7.11 Å².